The molecule has 6 nitrogen and oxygen atoms in total. The van der Waals surface area contributed by atoms with E-state index in [2.05, 4.69) is 5.43 Å². The summed E-state index contributed by atoms with van der Waals surface area (Å²) in [5, 5.41) is 1.10. The Labute approximate surface area is 213 Å². The Morgan fingerprint density at radius 2 is 1.77 bits per heavy atom. The first kappa shape index (κ1) is 24.5. The monoisotopic (exact) mass is 504 g/mol. The number of benzene rings is 3. The highest BCUT2D eigenvalue weighted by atomic mass is 32.2. The summed E-state index contributed by atoms with van der Waals surface area (Å²) in [6.07, 6.45) is 1.72. The lowest BCUT2D eigenvalue weighted by Crippen LogP contribution is -2.44. The SMILES string of the molecule is CCOc1cc(/C=C2\SC(=S)N(NC(=O)c3ccccc3)C2=O)ccc1OCc1ccccc1C. The molecule has 3 aromatic carbocycles. The fourth-order valence-corrected chi connectivity index (χ4v) is 4.58. The second-order valence-electron chi connectivity index (χ2n) is 7.68. The van der Waals surface area contributed by atoms with Crippen LogP contribution in [0.4, 0.5) is 0 Å². The molecule has 0 bridgehead atoms. The number of thiocarbonyl (C=S) groups is 1. The van der Waals surface area contributed by atoms with Crippen molar-refractivity contribution in [3.8, 4) is 11.5 Å². The van der Waals surface area contributed by atoms with Crippen molar-refractivity contribution in [2.24, 2.45) is 0 Å². The molecule has 0 aliphatic carbocycles. The number of hydrogen-bond acceptors (Lipinski definition) is 6. The quantitative estimate of drug-likeness (QED) is 0.322. The van der Waals surface area contributed by atoms with Crippen molar-refractivity contribution in [2.45, 2.75) is 20.5 Å². The van der Waals surface area contributed by atoms with Crippen LogP contribution >= 0.6 is 24.0 Å². The van der Waals surface area contributed by atoms with Crippen molar-refractivity contribution < 1.29 is 19.1 Å². The van der Waals surface area contributed by atoms with Gasteiger partial charge in [0.05, 0.1) is 11.5 Å². The van der Waals surface area contributed by atoms with Crippen LogP contribution in [-0.4, -0.2) is 27.8 Å². The van der Waals surface area contributed by atoms with E-state index < -0.39 is 5.91 Å². The number of rotatable bonds is 8. The summed E-state index contributed by atoms with van der Waals surface area (Å²) in [7, 11) is 0. The number of ether oxygens (including phenoxy) is 2. The summed E-state index contributed by atoms with van der Waals surface area (Å²) >= 11 is 6.46. The summed E-state index contributed by atoms with van der Waals surface area (Å²) < 4.78 is 12.1. The van der Waals surface area contributed by atoms with Gasteiger partial charge >= 0.3 is 0 Å². The first-order valence-electron chi connectivity index (χ1n) is 11.0. The molecule has 1 saturated heterocycles. The van der Waals surface area contributed by atoms with E-state index in [1.54, 1.807) is 30.3 Å². The average Bonchev–Trinajstić information content (AvgIpc) is 3.12. The van der Waals surface area contributed by atoms with Gasteiger partial charge < -0.3 is 9.47 Å². The molecule has 1 N–H and O–H groups in total. The summed E-state index contributed by atoms with van der Waals surface area (Å²) in [4.78, 5) is 25.8. The lowest BCUT2D eigenvalue weighted by atomic mass is 10.1. The third kappa shape index (κ3) is 5.90. The summed E-state index contributed by atoms with van der Waals surface area (Å²) in [5.74, 6) is 0.414. The summed E-state index contributed by atoms with van der Waals surface area (Å²) in [6.45, 7) is 4.84. The molecule has 0 unspecified atom stereocenters. The molecule has 1 fully saturated rings. The van der Waals surface area contributed by atoms with Crippen molar-refractivity contribution >= 4 is 46.2 Å². The van der Waals surface area contributed by atoms with Gasteiger partial charge in [-0.1, -0.05) is 60.3 Å². The normalized spacial score (nSPS) is 14.3. The van der Waals surface area contributed by atoms with Crippen LogP contribution in [0.25, 0.3) is 6.08 Å². The first-order valence-corrected chi connectivity index (χ1v) is 12.3. The van der Waals surface area contributed by atoms with Crippen molar-refractivity contribution in [1.29, 1.82) is 0 Å². The highest BCUT2D eigenvalue weighted by Gasteiger charge is 2.33. The number of carbonyl (C=O) groups excluding carboxylic acids is 2. The molecule has 1 aliphatic heterocycles. The van der Waals surface area contributed by atoms with E-state index >= 15 is 0 Å². The van der Waals surface area contributed by atoms with Crippen LogP contribution < -0.4 is 14.9 Å². The van der Waals surface area contributed by atoms with Crippen LogP contribution in [0.1, 0.15) is 34.0 Å². The molecular weight excluding hydrogens is 480 g/mol. The predicted molar refractivity (Wildman–Crippen MR) is 142 cm³/mol. The third-order valence-corrected chi connectivity index (χ3v) is 6.55. The molecule has 1 aliphatic rings. The second kappa shape index (κ2) is 11.2. The smallest absolute Gasteiger partial charge is 0.285 e. The Hall–Kier alpha value is -3.62. The van der Waals surface area contributed by atoms with Crippen LogP contribution in [0.3, 0.4) is 0 Å². The van der Waals surface area contributed by atoms with Crippen LogP contribution in [-0.2, 0) is 11.4 Å². The molecule has 2 amide bonds. The Morgan fingerprint density at radius 3 is 2.51 bits per heavy atom. The molecule has 0 aromatic heterocycles. The van der Waals surface area contributed by atoms with Crippen LogP contribution in [0.15, 0.2) is 77.7 Å². The zero-order valence-corrected chi connectivity index (χ0v) is 20.9. The molecule has 3 aromatic rings. The Kier molecular flexibility index (Phi) is 7.84. The van der Waals surface area contributed by atoms with Gasteiger partial charge in [-0.05, 0) is 73.1 Å². The van der Waals surface area contributed by atoms with Gasteiger partial charge in [-0.25, -0.2) is 0 Å². The topological polar surface area (TPSA) is 67.9 Å². The number of carbonyl (C=O) groups is 2. The maximum absolute atomic E-state index is 12.9. The molecule has 8 heteroatoms. The van der Waals surface area contributed by atoms with E-state index in [0.29, 0.717) is 35.2 Å². The van der Waals surface area contributed by atoms with Crippen LogP contribution in [0.5, 0.6) is 11.5 Å². The Bertz CT molecular complexity index is 1290. The molecule has 178 valence electrons. The zero-order valence-electron chi connectivity index (χ0n) is 19.3. The zero-order chi connectivity index (χ0) is 24.8. The number of nitrogens with one attached hydrogen (secondary N) is 1. The van der Waals surface area contributed by atoms with Gasteiger partial charge in [0, 0.05) is 5.56 Å². The minimum Gasteiger partial charge on any atom is -0.490 e. The summed E-state index contributed by atoms with van der Waals surface area (Å²) in [6, 6.07) is 22.2. The van der Waals surface area contributed by atoms with Gasteiger partial charge in [-0.2, -0.15) is 5.01 Å². The molecule has 0 saturated carbocycles. The number of hydrogen-bond donors (Lipinski definition) is 1. The van der Waals surface area contributed by atoms with E-state index in [1.165, 1.54) is 0 Å². The van der Waals surface area contributed by atoms with Gasteiger partial charge in [0.1, 0.15) is 6.61 Å². The van der Waals surface area contributed by atoms with E-state index in [1.807, 2.05) is 62.4 Å². The number of hydrazine groups is 1. The van der Waals surface area contributed by atoms with Crippen LogP contribution in [0, 0.1) is 6.92 Å². The van der Waals surface area contributed by atoms with E-state index in [4.69, 9.17) is 21.7 Å². The average molecular weight is 505 g/mol. The van der Waals surface area contributed by atoms with Gasteiger partial charge in [0.25, 0.3) is 11.8 Å². The minimum absolute atomic E-state index is 0.258. The molecular formula is C27H24N2O4S2. The van der Waals surface area contributed by atoms with Crippen molar-refractivity contribution in [1.82, 2.24) is 10.4 Å². The van der Waals surface area contributed by atoms with Crippen LogP contribution in [0.2, 0.25) is 0 Å². The Morgan fingerprint density at radius 1 is 1.03 bits per heavy atom. The maximum atomic E-state index is 12.9. The maximum Gasteiger partial charge on any atom is 0.285 e. The number of thioether (sulfide) groups is 1. The lowest BCUT2D eigenvalue weighted by Gasteiger charge is -2.15. The van der Waals surface area contributed by atoms with Crippen molar-refractivity contribution in [3.05, 3.63) is 100.0 Å². The van der Waals surface area contributed by atoms with E-state index in [9.17, 15) is 9.59 Å². The number of amides is 2. The molecule has 0 atom stereocenters. The summed E-state index contributed by atoms with van der Waals surface area (Å²) in [5.41, 5.74) is 6.03. The molecule has 0 radical (unpaired) electrons. The molecule has 1 heterocycles. The number of nitrogens with zero attached hydrogens (tertiary/aromatic N) is 1. The fraction of sp³-hybridized carbons (Fsp3) is 0.148. The third-order valence-electron chi connectivity index (χ3n) is 5.25. The minimum atomic E-state index is -0.406. The van der Waals surface area contributed by atoms with Gasteiger partial charge in [0.15, 0.2) is 15.8 Å². The fourth-order valence-electron chi connectivity index (χ4n) is 3.40. The van der Waals surface area contributed by atoms with Crippen molar-refractivity contribution in [2.75, 3.05) is 6.61 Å². The van der Waals surface area contributed by atoms with Gasteiger partial charge in [0.2, 0.25) is 0 Å². The van der Waals surface area contributed by atoms with Crippen molar-refractivity contribution in [3.63, 3.8) is 0 Å². The second-order valence-corrected chi connectivity index (χ2v) is 9.35. The molecule has 4 rings (SSSR count). The number of aryl methyl sites for hydroxylation is 1. The van der Waals surface area contributed by atoms with E-state index in [0.717, 1.165) is 33.5 Å². The van der Waals surface area contributed by atoms with Gasteiger partial charge in [-0.15, -0.1) is 0 Å². The highest BCUT2D eigenvalue weighted by Crippen LogP contribution is 2.34. The molecule has 35 heavy (non-hydrogen) atoms. The van der Waals surface area contributed by atoms with Gasteiger partial charge in [-0.3, -0.25) is 15.0 Å². The lowest BCUT2D eigenvalue weighted by molar-refractivity contribution is -0.123. The predicted octanol–water partition coefficient (Wildman–Crippen LogP) is 5.52. The molecule has 0 spiro atoms. The largest absolute Gasteiger partial charge is 0.490 e. The highest BCUT2D eigenvalue weighted by molar-refractivity contribution is 8.26. The first-order chi connectivity index (χ1) is 17.0. The Balaban J connectivity index is 1.49. The standard InChI is InChI=1S/C27H24N2O4S2/c1-3-32-23-15-19(13-14-22(23)33-17-21-12-8-7-9-18(21)2)16-24-26(31)29(27(34)35-24)28-25(30)20-10-5-4-6-11-20/h4-16H,3,17H2,1-2H3,(H,28,30)/b24-16-. The van der Waals surface area contributed by atoms with E-state index in [-0.39, 0.29) is 10.2 Å².